The van der Waals surface area contributed by atoms with E-state index in [1.165, 1.54) is 12.8 Å². The van der Waals surface area contributed by atoms with E-state index in [0.29, 0.717) is 18.1 Å². The highest BCUT2D eigenvalue weighted by Crippen LogP contribution is 2.27. The molecule has 1 aromatic rings. The summed E-state index contributed by atoms with van der Waals surface area (Å²) in [6.45, 7) is 0. The summed E-state index contributed by atoms with van der Waals surface area (Å²) in [6, 6.07) is 6.34. The second kappa shape index (κ2) is 7.82. The number of nitrogens with one attached hydrogen (secondary N) is 1. The van der Waals surface area contributed by atoms with E-state index >= 15 is 0 Å². The van der Waals surface area contributed by atoms with Gasteiger partial charge in [0.2, 0.25) is 5.91 Å². The number of hydrogen-bond acceptors (Lipinski definition) is 3. The molecule has 0 bridgehead atoms. The molecule has 0 unspecified atom stereocenters. The Kier molecular flexibility index (Phi) is 5.81. The van der Waals surface area contributed by atoms with Crippen LogP contribution in [0.4, 0.5) is 0 Å². The van der Waals surface area contributed by atoms with Gasteiger partial charge >= 0.3 is 5.97 Å². The van der Waals surface area contributed by atoms with Crippen molar-refractivity contribution < 1.29 is 19.4 Å². The molecule has 1 fully saturated rings. The van der Waals surface area contributed by atoms with Crippen LogP contribution in [0.2, 0.25) is 0 Å². The van der Waals surface area contributed by atoms with Crippen LogP contribution in [-0.2, 0) is 16.0 Å². The Morgan fingerprint density at radius 1 is 1.36 bits per heavy atom. The van der Waals surface area contributed by atoms with Gasteiger partial charge in [0.05, 0.1) is 7.11 Å². The van der Waals surface area contributed by atoms with Crippen molar-refractivity contribution in [3.8, 4) is 5.75 Å². The SMILES string of the molecule is COc1cccc(C[C@@H](NC(=O)CC2CCCC2)C(=O)O)c1. The average molecular weight is 305 g/mol. The highest BCUT2D eigenvalue weighted by atomic mass is 16.5. The van der Waals surface area contributed by atoms with E-state index in [-0.39, 0.29) is 12.3 Å². The maximum Gasteiger partial charge on any atom is 0.326 e. The van der Waals surface area contributed by atoms with Gasteiger partial charge < -0.3 is 15.2 Å². The van der Waals surface area contributed by atoms with Crippen LogP contribution in [-0.4, -0.2) is 30.1 Å². The molecule has 1 saturated carbocycles. The Hall–Kier alpha value is -2.04. The number of ether oxygens (including phenoxy) is 1. The van der Waals surface area contributed by atoms with E-state index in [1.54, 1.807) is 19.2 Å². The van der Waals surface area contributed by atoms with Crippen LogP contribution < -0.4 is 10.1 Å². The summed E-state index contributed by atoms with van der Waals surface area (Å²) < 4.78 is 5.13. The van der Waals surface area contributed by atoms with Crippen molar-refractivity contribution in [1.82, 2.24) is 5.32 Å². The lowest BCUT2D eigenvalue weighted by Crippen LogP contribution is -2.42. The van der Waals surface area contributed by atoms with Gasteiger partial charge in [-0.2, -0.15) is 0 Å². The lowest BCUT2D eigenvalue weighted by Gasteiger charge is -2.16. The summed E-state index contributed by atoms with van der Waals surface area (Å²) in [6.07, 6.45) is 5.17. The largest absolute Gasteiger partial charge is 0.497 e. The first kappa shape index (κ1) is 16.3. The third-order valence-corrected chi connectivity index (χ3v) is 4.16. The average Bonchev–Trinajstić information content (AvgIpc) is 2.99. The minimum atomic E-state index is -1.01. The first-order chi connectivity index (χ1) is 10.6. The Morgan fingerprint density at radius 3 is 2.73 bits per heavy atom. The Balaban J connectivity index is 1.93. The third-order valence-electron chi connectivity index (χ3n) is 4.16. The molecule has 1 atom stereocenters. The molecule has 1 aliphatic carbocycles. The van der Waals surface area contributed by atoms with Crippen LogP contribution in [0.25, 0.3) is 0 Å². The van der Waals surface area contributed by atoms with Crippen molar-refractivity contribution in [2.24, 2.45) is 5.92 Å². The molecule has 0 aromatic heterocycles. The molecule has 5 nitrogen and oxygen atoms in total. The predicted octanol–water partition coefficient (Wildman–Crippen LogP) is 2.39. The van der Waals surface area contributed by atoms with E-state index in [9.17, 15) is 14.7 Å². The molecule has 0 radical (unpaired) electrons. The zero-order valence-corrected chi connectivity index (χ0v) is 12.9. The topological polar surface area (TPSA) is 75.6 Å². The number of carbonyl (C=O) groups is 2. The van der Waals surface area contributed by atoms with Gasteiger partial charge in [-0.1, -0.05) is 25.0 Å². The number of aliphatic carboxylic acids is 1. The second-order valence-electron chi connectivity index (χ2n) is 5.87. The quantitative estimate of drug-likeness (QED) is 0.811. The Labute approximate surface area is 130 Å². The molecule has 1 aliphatic rings. The van der Waals surface area contributed by atoms with Gasteiger partial charge in [0, 0.05) is 12.8 Å². The number of carboxylic acids is 1. The van der Waals surface area contributed by atoms with Gasteiger partial charge in [0.25, 0.3) is 0 Å². The number of amides is 1. The lowest BCUT2D eigenvalue weighted by atomic mass is 10.0. The molecule has 2 rings (SSSR count). The van der Waals surface area contributed by atoms with Crippen LogP contribution in [0, 0.1) is 5.92 Å². The summed E-state index contributed by atoms with van der Waals surface area (Å²) in [5.41, 5.74) is 0.827. The molecule has 22 heavy (non-hydrogen) atoms. The maximum absolute atomic E-state index is 12.0. The predicted molar refractivity (Wildman–Crippen MR) is 82.8 cm³/mol. The molecule has 1 aromatic carbocycles. The van der Waals surface area contributed by atoms with Gasteiger partial charge in [-0.25, -0.2) is 4.79 Å². The fourth-order valence-corrected chi connectivity index (χ4v) is 2.97. The van der Waals surface area contributed by atoms with E-state index in [1.807, 2.05) is 12.1 Å². The Bertz CT molecular complexity index is 523. The molecule has 5 heteroatoms. The summed E-state index contributed by atoms with van der Waals surface area (Å²) in [7, 11) is 1.57. The number of benzene rings is 1. The van der Waals surface area contributed by atoms with Crippen molar-refractivity contribution in [1.29, 1.82) is 0 Å². The number of carbonyl (C=O) groups excluding carboxylic acids is 1. The van der Waals surface area contributed by atoms with Crippen molar-refractivity contribution in [3.05, 3.63) is 29.8 Å². The van der Waals surface area contributed by atoms with Crippen molar-refractivity contribution in [2.75, 3.05) is 7.11 Å². The first-order valence-electron chi connectivity index (χ1n) is 7.73. The molecule has 120 valence electrons. The van der Waals surface area contributed by atoms with Crippen LogP contribution in [0.15, 0.2) is 24.3 Å². The summed E-state index contributed by atoms with van der Waals surface area (Å²) >= 11 is 0. The molecule has 0 saturated heterocycles. The normalized spacial score (nSPS) is 16.2. The standard InChI is InChI=1S/C17H23NO4/c1-22-14-8-4-7-13(9-14)10-15(17(20)21)18-16(19)11-12-5-2-3-6-12/h4,7-9,12,15H,2-3,5-6,10-11H2,1H3,(H,18,19)(H,20,21)/t15-/m1/s1. The highest BCUT2D eigenvalue weighted by molar-refractivity contribution is 5.83. The van der Waals surface area contributed by atoms with Crippen LogP contribution >= 0.6 is 0 Å². The van der Waals surface area contributed by atoms with Gasteiger partial charge in [-0.05, 0) is 36.5 Å². The van der Waals surface area contributed by atoms with Gasteiger partial charge in [-0.15, -0.1) is 0 Å². The van der Waals surface area contributed by atoms with Gasteiger partial charge in [-0.3, -0.25) is 4.79 Å². The van der Waals surface area contributed by atoms with Gasteiger partial charge in [0.15, 0.2) is 0 Å². The highest BCUT2D eigenvalue weighted by Gasteiger charge is 2.23. The molecule has 0 spiro atoms. The maximum atomic E-state index is 12.0. The van der Waals surface area contributed by atoms with Crippen LogP contribution in [0.3, 0.4) is 0 Å². The van der Waals surface area contributed by atoms with Crippen LogP contribution in [0.1, 0.15) is 37.7 Å². The minimum Gasteiger partial charge on any atom is -0.497 e. The fourth-order valence-electron chi connectivity index (χ4n) is 2.97. The molecule has 0 heterocycles. The van der Waals surface area contributed by atoms with Crippen molar-refractivity contribution >= 4 is 11.9 Å². The van der Waals surface area contributed by atoms with Crippen molar-refractivity contribution in [2.45, 2.75) is 44.6 Å². The lowest BCUT2D eigenvalue weighted by molar-refractivity contribution is -0.141. The molecular formula is C17H23NO4. The number of hydrogen-bond donors (Lipinski definition) is 2. The monoisotopic (exact) mass is 305 g/mol. The van der Waals surface area contributed by atoms with Crippen molar-refractivity contribution in [3.63, 3.8) is 0 Å². The smallest absolute Gasteiger partial charge is 0.326 e. The van der Waals surface area contributed by atoms with E-state index < -0.39 is 12.0 Å². The zero-order valence-electron chi connectivity index (χ0n) is 12.9. The number of methoxy groups -OCH3 is 1. The van der Waals surface area contributed by atoms with Gasteiger partial charge in [0.1, 0.15) is 11.8 Å². The molecule has 2 N–H and O–H groups in total. The summed E-state index contributed by atoms with van der Waals surface area (Å²) in [5.74, 6) is -0.0880. The first-order valence-corrected chi connectivity index (χ1v) is 7.73. The van der Waals surface area contributed by atoms with E-state index in [0.717, 1.165) is 18.4 Å². The summed E-state index contributed by atoms with van der Waals surface area (Å²) in [5, 5.41) is 12.0. The van der Waals surface area contributed by atoms with E-state index in [2.05, 4.69) is 5.32 Å². The zero-order chi connectivity index (χ0) is 15.9. The molecular weight excluding hydrogens is 282 g/mol. The third kappa shape index (κ3) is 4.76. The second-order valence-corrected chi connectivity index (χ2v) is 5.87. The van der Waals surface area contributed by atoms with Crippen LogP contribution in [0.5, 0.6) is 5.75 Å². The van der Waals surface area contributed by atoms with E-state index in [4.69, 9.17) is 4.74 Å². The molecule has 0 aliphatic heterocycles. The Morgan fingerprint density at radius 2 is 2.09 bits per heavy atom. The minimum absolute atomic E-state index is 0.165. The fraction of sp³-hybridized carbons (Fsp3) is 0.529. The number of carboxylic acid groups (broad SMARTS) is 1. The number of rotatable bonds is 7. The molecule has 1 amide bonds. The summed E-state index contributed by atoms with van der Waals surface area (Å²) in [4.78, 5) is 23.4.